The van der Waals surface area contributed by atoms with Crippen molar-refractivity contribution < 1.29 is 26.4 Å². The normalized spacial score (nSPS) is 20.5. The van der Waals surface area contributed by atoms with Crippen LogP contribution in [0.25, 0.3) is 0 Å². The van der Waals surface area contributed by atoms with Crippen LogP contribution in [0.3, 0.4) is 0 Å². The van der Waals surface area contributed by atoms with Gasteiger partial charge in [0.25, 0.3) is 0 Å². The van der Waals surface area contributed by atoms with Gasteiger partial charge in [-0.3, -0.25) is 4.79 Å². The zero-order chi connectivity index (χ0) is 23.5. The molecule has 2 aromatic carbocycles. The molecule has 0 bridgehead atoms. The molecule has 32 heavy (non-hydrogen) atoms. The molecule has 0 radical (unpaired) electrons. The van der Waals surface area contributed by atoms with Crippen LogP contribution in [0, 0.1) is 5.92 Å². The van der Waals surface area contributed by atoms with Crippen molar-refractivity contribution in [3.05, 3.63) is 64.1 Å². The highest BCUT2D eigenvalue weighted by Gasteiger charge is 2.32. The summed E-state index contributed by atoms with van der Waals surface area (Å²) in [6, 6.07) is 10.6. The Morgan fingerprint density at radius 3 is 2.09 bits per heavy atom. The van der Waals surface area contributed by atoms with Gasteiger partial charge in [-0.15, -0.1) is 0 Å². The molecule has 0 aromatic heterocycles. The molecule has 174 valence electrons. The Kier molecular flexibility index (Phi) is 7.67. The summed E-state index contributed by atoms with van der Waals surface area (Å²) in [4.78, 5) is 12.4. The maximum Gasteiger partial charge on any atom is 0.416 e. The standard InChI is InChI=1S/C22H24BrF3N2O3S/c1-14(15-2-8-18(23)9-3-15)27-21(29)16-4-10-19(11-5-16)28-32(30,31)20-12-6-17(7-13-20)22(24,25)26/h2-3,6-9,12-14,16,19,28H,4-5,10-11H2,1H3,(H,27,29)/t14-,16-,19-/m1/s1. The Morgan fingerprint density at radius 1 is 1.00 bits per heavy atom. The first-order valence-corrected chi connectivity index (χ1v) is 12.5. The van der Waals surface area contributed by atoms with Crippen LogP contribution in [0.5, 0.6) is 0 Å². The molecule has 10 heteroatoms. The summed E-state index contributed by atoms with van der Waals surface area (Å²) >= 11 is 3.38. The number of hydrogen-bond acceptors (Lipinski definition) is 3. The highest BCUT2D eigenvalue weighted by Crippen LogP contribution is 2.30. The monoisotopic (exact) mass is 532 g/mol. The van der Waals surface area contributed by atoms with Crippen molar-refractivity contribution in [1.82, 2.24) is 10.0 Å². The van der Waals surface area contributed by atoms with Crippen molar-refractivity contribution in [2.45, 2.75) is 55.8 Å². The number of benzene rings is 2. The van der Waals surface area contributed by atoms with E-state index in [1.165, 1.54) is 0 Å². The molecule has 0 aliphatic heterocycles. The molecular formula is C22H24BrF3N2O3S. The molecule has 1 saturated carbocycles. The SMILES string of the molecule is C[C@@H](NC(=O)[C@H]1CC[C@H](NS(=O)(=O)c2ccc(C(F)(F)F)cc2)CC1)c1ccc(Br)cc1. The van der Waals surface area contributed by atoms with Gasteiger partial charge in [-0.2, -0.15) is 13.2 Å². The molecule has 1 amide bonds. The van der Waals surface area contributed by atoms with E-state index >= 15 is 0 Å². The van der Waals surface area contributed by atoms with E-state index in [-0.39, 0.29) is 28.8 Å². The van der Waals surface area contributed by atoms with Gasteiger partial charge in [-0.05, 0) is 74.6 Å². The number of carbonyl (C=O) groups is 1. The van der Waals surface area contributed by atoms with Gasteiger partial charge >= 0.3 is 6.18 Å². The first-order chi connectivity index (χ1) is 15.0. The summed E-state index contributed by atoms with van der Waals surface area (Å²) in [5.74, 6) is -0.274. The summed E-state index contributed by atoms with van der Waals surface area (Å²) in [5.41, 5.74) is 0.0832. The van der Waals surface area contributed by atoms with Crippen LogP contribution in [-0.4, -0.2) is 20.4 Å². The molecule has 0 heterocycles. The lowest BCUT2D eigenvalue weighted by Gasteiger charge is -2.29. The van der Waals surface area contributed by atoms with E-state index in [9.17, 15) is 26.4 Å². The van der Waals surface area contributed by atoms with Gasteiger partial charge in [0.2, 0.25) is 15.9 Å². The molecule has 1 fully saturated rings. The van der Waals surface area contributed by atoms with Crippen molar-refractivity contribution in [2.24, 2.45) is 5.92 Å². The van der Waals surface area contributed by atoms with E-state index in [1.54, 1.807) is 0 Å². The molecule has 1 atom stereocenters. The van der Waals surface area contributed by atoms with Crippen LogP contribution in [0.1, 0.15) is 49.8 Å². The fraction of sp³-hybridized carbons (Fsp3) is 0.409. The lowest BCUT2D eigenvalue weighted by Crippen LogP contribution is -2.41. The number of carbonyl (C=O) groups excluding carboxylic acids is 1. The number of sulfonamides is 1. The zero-order valence-corrected chi connectivity index (χ0v) is 19.7. The van der Waals surface area contributed by atoms with Crippen LogP contribution in [0.4, 0.5) is 13.2 Å². The minimum absolute atomic E-state index is 0.0653. The van der Waals surface area contributed by atoms with Gasteiger partial charge in [-0.1, -0.05) is 28.1 Å². The van der Waals surface area contributed by atoms with Crippen LogP contribution in [-0.2, 0) is 21.0 Å². The van der Waals surface area contributed by atoms with E-state index < -0.39 is 21.8 Å². The van der Waals surface area contributed by atoms with Crippen molar-refractivity contribution in [1.29, 1.82) is 0 Å². The van der Waals surface area contributed by atoms with Gasteiger partial charge in [0.1, 0.15) is 0 Å². The largest absolute Gasteiger partial charge is 0.416 e. The molecule has 0 spiro atoms. The average Bonchev–Trinajstić information content (AvgIpc) is 2.74. The van der Waals surface area contributed by atoms with Crippen molar-refractivity contribution in [3.8, 4) is 0 Å². The van der Waals surface area contributed by atoms with Crippen molar-refractivity contribution >= 4 is 31.9 Å². The minimum atomic E-state index is -4.52. The number of rotatable bonds is 6. The second-order valence-electron chi connectivity index (χ2n) is 7.97. The molecule has 0 unspecified atom stereocenters. The van der Waals surface area contributed by atoms with Crippen LogP contribution < -0.4 is 10.0 Å². The summed E-state index contributed by atoms with van der Waals surface area (Å²) in [5, 5.41) is 3.01. The Morgan fingerprint density at radius 2 is 1.56 bits per heavy atom. The van der Waals surface area contributed by atoms with Gasteiger partial charge in [-0.25, -0.2) is 13.1 Å². The Balaban J connectivity index is 1.52. The van der Waals surface area contributed by atoms with Crippen LogP contribution in [0.2, 0.25) is 0 Å². The topological polar surface area (TPSA) is 75.3 Å². The number of nitrogens with one attached hydrogen (secondary N) is 2. The Labute approximate surface area is 194 Å². The number of halogens is 4. The Bertz CT molecular complexity index is 1030. The first-order valence-electron chi connectivity index (χ1n) is 10.2. The molecule has 1 aliphatic carbocycles. The maximum atomic E-state index is 12.7. The predicted molar refractivity (Wildman–Crippen MR) is 118 cm³/mol. The van der Waals surface area contributed by atoms with Crippen molar-refractivity contribution in [2.75, 3.05) is 0 Å². The predicted octanol–water partition coefficient (Wildman–Crippen LogP) is 5.18. The number of hydrogen-bond donors (Lipinski definition) is 2. The second kappa shape index (κ2) is 9.93. The maximum absolute atomic E-state index is 12.7. The molecule has 1 aliphatic rings. The summed E-state index contributed by atoms with van der Waals surface area (Å²) in [6.45, 7) is 1.91. The van der Waals surface area contributed by atoms with Gasteiger partial charge in [0.15, 0.2) is 0 Å². The lowest BCUT2D eigenvalue weighted by molar-refractivity contribution is -0.137. The van der Waals surface area contributed by atoms with E-state index in [2.05, 4.69) is 26.0 Å². The lowest BCUT2D eigenvalue weighted by atomic mass is 9.85. The van der Waals surface area contributed by atoms with Crippen LogP contribution in [0.15, 0.2) is 57.9 Å². The van der Waals surface area contributed by atoms with E-state index in [4.69, 9.17) is 0 Å². The Hall–Kier alpha value is -1.91. The van der Waals surface area contributed by atoms with Gasteiger partial charge in [0.05, 0.1) is 16.5 Å². The smallest absolute Gasteiger partial charge is 0.349 e. The fourth-order valence-corrected chi connectivity index (χ4v) is 5.32. The minimum Gasteiger partial charge on any atom is -0.349 e. The highest BCUT2D eigenvalue weighted by molar-refractivity contribution is 9.10. The number of amides is 1. The second-order valence-corrected chi connectivity index (χ2v) is 10.6. The third-order valence-corrected chi connectivity index (χ3v) is 7.71. The molecule has 5 nitrogen and oxygen atoms in total. The van der Waals surface area contributed by atoms with E-state index in [0.717, 1.165) is 34.3 Å². The average molecular weight is 533 g/mol. The fourth-order valence-electron chi connectivity index (χ4n) is 3.75. The van der Waals surface area contributed by atoms with Crippen molar-refractivity contribution in [3.63, 3.8) is 0 Å². The highest BCUT2D eigenvalue weighted by atomic mass is 79.9. The van der Waals surface area contributed by atoms with Gasteiger partial charge in [0, 0.05) is 16.4 Å². The summed E-state index contributed by atoms with van der Waals surface area (Å²) < 4.78 is 66.6. The molecule has 3 rings (SSSR count). The molecular weight excluding hydrogens is 509 g/mol. The van der Waals surface area contributed by atoms with Crippen LogP contribution >= 0.6 is 15.9 Å². The third kappa shape index (κ3) is 6.32. The molecule has 2 aromatic rings. The molecule has 0 saturated heterocycles. The number of alkyl halides is 3. The quantitative estimate of drug-likeness (QED) is 0.538. The van der Waals surface area contributed by atoms with E-state index in [0.29, 0.717) is 25.7 Å². The van der Waals surface area contributed by atoms with E-state index in [1.807, 2.05) is 31.2 Å². The zero-order valence-electron chi connectivity index (χ0n) is 17.3. The first kappa shape index (κ1) is 24.7. The van der Waals surface area contributed by atoms with Gasteiger partial charge < -0.3 is 5.32 Å². The summed E-state index contributed by atoms with van der Waals surface area (Å²) in [7, 11) is -3.94. The molecule has 2 N–H and O–H groups in total. The third-order valence-electron chi connectivity index (χ3n) is 5.64. The summed E-state index contributed by atoms with van der Waals surface area (Å²) in [6.07, 6.45) is -2.52.